The Bertz CT molecular complexity index is 790. The smallest absolute Gasteiger partial charge is 0.333 e. The molecule has 164 valence electrons. The molecule has 1 heterocycles. The van der Waals surface area contributed by atoms with E-state index in [2.05, 4.69) is 39.2 Å². The van der Waals surface area contributed by atoms with Gasteiger partial charge >= 0.3 is 5.97 Å². The van der Waals surface area contributed by atoms with E-state index in [1.807, 2.05) is 0 Å². The van der Waals surface area contributed by atoms with Gasteiger partial charge in [0.25, 0.3) is 0 Å². The van der Waals surface area contributed by atoms with Gasteiger partial charge in [-0.2, -0.15) is 0 Å². The van der Waals surface area contributed by atoms with E-state index in [0.29, 0.717) is 42.6 Å². The standard InChI is InChI=1S/C26H36O4/c1-15-12-24(30-25(15)29)17(3)21-9-10-22-18(6-5-11-26(21,22)4)7-8-19-13-20(27)14-23(28)16(19)2/h7-8,17,20-24,27-28H,1-2,5-6,9-14H2,3-4H3/b18-7+,19-8-/t17-,20+,21+,22-,23-,24?,26+/m0/s1. The van der Waals surface area contributed by atoms with Gasteiger partial charge in [0.1, 0.15) is 6.10 Å². The monoisotopic (exact) mass is 412 g/mol. The Hall–Kier alpha value is -1.65. The van der Waals surface area contributed by atoms with Crippen LogP contribution in [-0.4, -0.2) is 34.5 Å². The molecular formula is C26H36O4. The van der Waals surface area contributed by atoms with E-state index in [0.717, 1.165) is 17.6 Å². The van der Waals surface area contributed by atoms with E-state index in [1.54, 1.807) is 0 Å². The Morgan fingerprint density at radius 3 is 2.67 bits per heavy atom. The van der Waals surface area contributed by atoms with Crippen molar-refractivity contribution < 1.29 is 19.7 Å². The summed E-state index contributed by atoms with van der Waals surface area (Å²) in [5.41, 5.74) is 4.04. The van der Waals surface area contributed by atoms with Crippen molar-refractivity contribution in [2.45, 2.75) is 83.5 Å². The van der Waals surface area contributed by atoms with Gasteiger partial charge in [0.05, 0.1) is 12.2 Å². The highest BCUT2D eigenvalue weighted by atomic mass is 16.5. The van der Waals surface area contributed by atoms with E-state index in [-0.39, 0.29) is 17.5 Å². The fourth-order valence-electron chi connectivity index (χ4n) is 6.75. The van der Waals surface area contributed by atoms with Gasteiger partial charge in [-0.15, -0.1) is 0 Å². The quantitative estimate of drug-likeness (QED) is 0.524. The molecule has 4 aliphatic rings. The molecule has 0 radical (unpaired) electrons. The summed E-state index contributed by atoms with van der Waals surface area (Å²) in [4.78, 5) is 11.8. The Balaban J connectivity index is 1.53. The molecule has 3 aliphatic carbocycles. The van der Waals surface area contributed by atoms with E-state index in [1.165, 1.54) is 31.3 Å². The zero-order valence-electron chi connectivity index (χ0n) is 18.4. The second kappa shape index (κ2) is 8.12. The van der Waals surface area contributed by atoms with Gasteiger partial charge in [0.2, 0.25) is 0 Å². The summed E-state index contributed by atoms with van der Waals surface area (Å²) in [6.07, 6.45) is 10.6. The van der Waals surface area contributed by atoms with Gasteiger partial charge in [-0.3, -0.25) is 0 Å². The average molecular weight is 413 g/mol. The number of carbonyl (C=O) groups excluding carboxylic acids is 1. The topological polar surface area (TPSA) is 66.8 Å². The Kier molecular flexibility index (Phi) is 5.84. The molecule has 7 atom stereocenters. The second-order valence-electron chi connectivity index (χ2n) is 10.3. The molecule has 1 saturated heterocycles. The normalized spacial score (nSPS) is 43.2. The number of rotatable bonds is 3. The van der Waals surface area contributed by atoms with Gasteiger partial charge in [0, 0.05) is 18.4 Å². The summed E-state index contributed by atoms with van der Waals surface area (Å²) in [7, 11) is 0. The summed E-state index contributed by atoms with van der Waals surface area (Å²) in [5, 5.41) is 20.1. The van der Waals surface area contributed by atoms with Crippen molar-refractivity contribution in [3.63, 3.8) is 0 Å². The largest absolute Gasteiger partial charge is 0.458 e. The van der Waals surface area contributed by atoms with Crippen LogP contribution in [0.25, 0.3) is 0 Å². The highest BCUT2D eigenvalue weighted by Gasteiger charge is 2.53. The first-order valence-corrected chi connectivity index (χ1v) is 11.5. The molecule has 0 aromatic heterocycles. The average Bonchev–Trinajstić information content (AvgIpc) is 3.22. The summed E-state index contributed by atoms with van der Waals surface area (Å²) < 4.78 is 5.64. The fourth-order valence-corrected chi connectivity index (χ4v) is 6.75. The number of fused-ring (bicyclic) bond motifs is 1. The van der Waals surface area contributed by atoms with Crippen molar-refractivity contribution >= 4 is 5.97 Å². The first-order valence-electron chi connectivity index (χ1n) is 11.5. The zero-order valence-corrected chi connectivity index (χ0v) is 18.4. The number of esters is 1. The van der Waals surface area contributed by atoms with Crippen LogP contribution in [0.4, 0.5) is 0 Å². The van der Waals surface area contributed by atoms with Crippen LogP contribution in [-0.2, 0) is 9.53 Å². The van der Waals surface area contributed by atoms with Crippen LogP contribution in [0, 0.1) is 23.2 Å². The summed E-state index contributed by atoms with van der Waals surface area (Å²) in [6.45, 7) is 12.6. The minimum atomic E-state index is -0.643. The molecule has 0 aromatic rings. The van der Waals surface area contributed by atoms with Crippen molar-refractivity contribution in [2.75, 3.05) is 0 Å². The van der Waals surface area contributed by atoms with E-state index < -0.39 is 12.2 Å². The van der Waals surface area contributed by atoms with E-state index >= 15 is 0 Å². The molecule has 1 unspecified atom stereocenters. The van der Waals surface area contributed by atoms with Gasteiger partial charge in [0.15, 0.2) is 0 Å². The first-order chi connectivity index (χ1) is 14.2. The second-order valence-corrected chi connectivity index (χ2v) is 10.3. The van der Waals surface area contributed by atoms with Gasteiger partial charge in [-0.25, -0.2) is 4.79 Å². The third kappa shape index (κ3) is 3.73. The number of cyclic esters (lactones) is 1. The fraction of sp³-hybridized carbons (Fsp3) is 0.654. The molecule has 3 saturated carbocycles. The molecule has 2 N–H and O–H groups in total. The Morgan fingerprint density at radius 1 is 1.20 bits per heavy atom. The van der Waals surface area contributed by atoms with Crippen LogP contribution in [0.15, 0.2) is 47.6 Å². The van der Waals surface area contributed by atoms with Crippen LogP contribution in [0.3, 0.4) is 0 Å². The molecule has 4 nitrogen and oxygen atoms in total. The van der Waals surface area contributed by atoms with E-state index in [9.17, 15) is 15.0 Å². The van der Waals surface area contributed by atoms with Crippen LogP contribution < -0.4 is 0 Å². The van der Waals surface area contributed by atoms with Crippen molar-refractivity contribution in [3.8, 4) is 0 Å². The molecule has 30 heavy (non-hydrogen) atoms. The predicted molar refractivity (Wildman–Crippen MR) is 118 cm³/mol. The highest BCUT2D eigenvalue weighted by Crippen LogP contribution is 2.60. The number of hydrogen-bond donors (Lipinski definition) is 2. The maximum Gasteiger partial charge on any atom is 0.333 e. The van der Waals surface area contributed by atoms with Crippen LogP contribution in [0.5, 0.6) is 0 Å². The van der Waals surface area contributed by atoms with Crippen LogP contribution in [0.2, 0.25) is 0 Å². The van der Waals surface area contributed by atoms with E-state index in [4.69, 9.17) is 4.74 Å². The SMILES string of the molecule is C=C1CC([C@@H](C)[C@H]2CC[C@H]3/C(=C/C=C4/C[C@@H](O)C[C@H](O)C4=C)CCC[C@]23C)OC1=O. The van der Waals surface area contributed by atoms with Crippen LogP contribution >= 0.6 is 0 Å². The van der Waals surface area contributed by atoms with Gasteiger partial charge in [-0.1, -0.05) is 44.7 Å². The predicted octanol–water partition coefficient (Wildman–Crippen LogP) is 4.64. The van der Waals surface area contributed by atoms with Gasteiger partial charge in [-0.05, 0) is 72.8 Å². The third-order valence-corrected chi connectivity index (χ3v) is 8.52. The highest BCUT2D eigenvalue weighted by molar-refractivity contribution is 5.89. The van der Waals surface area contributed by atoms with Crippen molar-refractivity contribution in [2.24, 2.45) is 23.2 Å². The summed E-state index contributed by atoms with van der Waals surface area (Å²) in [6, 6.07) is 0. The lowest BCUT2D eigenvalue weighted by molar-refractivity contribution is -0.142. The first kappa shape index (κ1) is 21.6. The molecule has 4 rings (SSSR count). The number of aliphatic hydroxyl groups is 2. The zero-order chi connectivity index (χ0) is 21.6. The number of carbonyl (C=O) groups is 1. The lowest BCUT2D eigenvalue weighted by atomic mass is 9.60. The van der Waals surface area contributed by atoms with Crippen LogP contribution in [0.1, 0.15) is 65.2 Å². The molecule has 0 bridgehead atoms. The molecule has 0 spiro atoms. The lowest BCUT2D eigenvalue weighted by Gasteiger charge is -2.45. The number of allylic oxidation sites excluding steroid dienone is 3. The number of hydrogen-bond acceptors (Lipinski definition) is 4. The Morgan fingerprint density at radius 2 is 1.97 bits per heavy atom. The third-order valence-electron chi connectivity index (χ3n) is 8.52. The van der Waals surface area contributed by atoms with Crippen molar-refractivity contribution in [1.29, 1.82) is 0 Å². The van der Waals surface area contributed by atoms with Gasteiger partial charge < -0.3 is 14.9 Å². The summed E-state index contributed by atoms with van der Waals surface area (Å²) >= 11 is 0. The number of ether oxygens (including phenoxy) is 1. The molecule has 1 aliphatic heterocycles. The molecule has 0 aromatic carbocycles. The molecular weight excluding hydrogens is 376 g/mol. The molecule has 4 fully saturated rings. The molecule has 4 heteroatoms. The maximum atomic E-state index is 11.8. The number of aliphatic hydroxyl groups excluding tert-OH is 2. The summed E-state index contributed by atoms with van der Waals surface area (Å²) in [5.74, 6) is 1.20. The van der Waals surface area contributed by atoms with Crippen molar-refractivity contribution in [1.82, 2.24) is 0 Å². The molecule has 0 amide bonds. The Labute approximate surface area is 180 Å². The minimum absolute atomic E-state index is 0.0319. The minimum Gasteiger partial charge on any atom is -0.458 e. The lowest BCUT2D eigenvalue weighted by Crippen LogP contribution is -2.39. The maximum absolute atomic E-state index is 11.8. The van der Waals surface area contributed by atoms with Crippen molar-refractivity contribution in [3.05, 3.63) is 47.6 Å².